The first kappa shape index (κ1) is 10.2. The highest BCUT2D eigenvalue weighted by atomic mass is 16.5. The van der Waals surface area contributed by atoms with E-state index in [0.717, 1.165) is 6.61 Å². The molecule has 1 fully saturated rings. The van der Waals surface area contributed by atoms with Crippen LogP contribution in [0.2, 0.25) is 0 Å². The molecule has 0 radical (unpaired) electrons. The van der Waals surface area contributed by atoms with Crippen LogP contribution in [0.1, 0.15) is 52.4 Å². The molecule has 0 aromatic rings. The Morgan fingerprint density at radius 1 is 1.07 bits per heavy atom. The molecule has 80 valence electrons. The third kappa shape index (κ3) is 2.20. The maximum Gasteiger partial charge on any atom is 0.0694 e. The van der Waals surface area contributed by atoms with E-state index >= 15 is 0 Å². The summed E-state index contributed by atoms with van der Waals surface area (Å²) in [6, 6.07) is 0. The Labute approximate surface area is 87.5 Å². The summed E-state index contributed by atoms with van der Waals surface area (Å²) in [4.78, 5) is 0. The van der Waals surface area contributed by atoms with Crippen LogP contribution >= 0.6 is 0 Å². The lowest BCUT2D eigenvalue weighted by molar-refractivity contribution is -0.0894. The minimum Gasteiger partial charge on any atom is -0.371 e. The molecule has 1 nitrogen and oxygen atoms in total. The van der Waals surface area contributed by atoms with Gasteiger partial charge in [0, 0.05) is 0 Å². The third-order valence-corrected chi connectivity index (χ3v) is 3.71. The summed E-state index contributed by atoms with van der Waals surface area (Å²) in [7, 11) is 0. The van der Waals surface area contributed by atoms with Gasteiger partial charge in [-0.15, -0.1) is 0 Å². The number of rotatable bonds is 0. The lowest BCUT2D eigenvalue weighted by Gasteiger charge is -2.44. The van der Waals surface area contributed by atoms with Gasteiger partial charge in [0.05, 0.1) is 12.2 Å². The van der Waals surface area contributed by atoms with Crippen molar-refractivity contribution < 1.29 is 4.74 Å². The van der Waals surface area contributed by atoms with Gasteiger partial charge in [-0.2, -0.15) is 0 Å². The molecule has 0 saturated heterocycles. The first-order valence-electron chi connectivity index (χ1n) is 5.91. The summed E-state index contributed by atoms with van der Waals surface area (Å²) in [6.07, 6.45) is 12.1. The normalized spacial score (nSPS) is 37.0. The molecule has 1 unspecified atom stereocenters. The van der Waals surface area contributed by atoms with Gasteiger partial charge < -0.3 is 4.74 Å². The molecule has 1 atom stereocenters. The van der Waals surface area contributed by atoms with Crippen molar-refractivity contribution in [3.8, 4) is 0 Å². The Morgan fingerprint density at radius 3 is 2.71 bits per heavy atom. The second-order valence-electron chi connectivity index (χ2n) is 5.70. The summed E-state index contributed by atoms with van der Waals surface area (Å²) >= 11 is 0. The Balaban J connectivity index is 2.07. The Hall–Kier alpha value is -0.300. The summed E-state index contributed by atoms with van der Waals surface area (Å²) in [5.41, 5.74) is 0.702. The molecule has 2 rings (SSSR count). The molecule has 1 aliphatic carbocycles. The average molecular weight is 194 g/mol. The summed E-state index contributed by atoms with van der Waals surface area (Å²) in [5, 5.41) is 0. The van der Waals surface area contributed by atoms with Gasteiger partial charge >= 0.3 is 0 Å². The lowest BCUT2D eigenvalue weighted by Crippen LogP contribution is -2.41. The van der Waals surface area contributed by atoms with Crippen molar-refractivity contribution in [2.24, 2.45) is 5.41 Å². The lowest BCUT2D eigenvalue weighted by atomic mass is 9.68. The largest absolute Gasteiger partial charge is 0.371 e. The number of allylic oxidation sites excluding steroid dienone is 1. The number of ether oxygens (including phenoxy) is 1. The number of hydrogen-bond donors (Lipinski definition) is 0. The highest BCUT2D eigenvalue weighted by Gasteiger charge is 2.40. The van der Waals surface area contributed by atoms with Crippen molar-refractivity contribution in [3.63, 3.8) is 0 Å². The summed E-state index contributed by atoms with van der Waals surface area (Å²) in [5.74, 6) is 0. The molecule has 1 heteroatoms. The van der Waals surface area contributed by atoms with Crippen molar-refractivity contribution in [1.82, 2.24) is 0 Å². The topological polar surface area (TPSA) is 9.23 Å². The van der Waals surface area contributed by atoms with Crippen LogP contribution in [0, 0.1) is 5.41 Å². The van der Waals surface area contributed by atoms with E-state index in [1.807, 2.05) is 0 Å². The van der Waals surface area contributed by atoms with Crippen molar-refractivity contribution in [1.29, 1.82) is 0 Å². The van der Waals surface area contributed by atoms with Gasteiger partial charge in [-0.25, -0.2) is 0 Å². The zero-order chi connectivity index (χ0) is 10.1. The van der Waals surface area contributed by atoms with Gasteiger partial charge in [0.25, 0.3) is 0 Å². The predicted molar refractivity (Wildman–Crippen MR) is 59.3 cm³/mol. The molecule has 0 amide bonds. The molecular weight excluding hydrogens is 172 g/mol. The van der Waals surface area contributed by atoms with Gasteiger partial charge in [0.1, 0.15) is 0 Å². The quantitative estimate of drug-likeness (QED) is 0.534. The fourth-order valence-electron chi connectivity index (χ4n) is 3.10. The van der Waals surface area contributed by atoms with Crippen LogP contribution in [-0.2, 0) is 4.74 Å². The zero-order valence-electron chi connectivity index (χ0n) is 9.51. The van der Waals surface area contributed by atoms with Crippen molar-refractivity contribution >= 4 is 0 Å². The highest BCUT2D eigenvalue weighted by molar-refractivity contribution is 4.97. The van der Waals surface area contributed by atoms with Crippen molar-refractivity contribution in [3.05, 3.63) is 12.2 Å². The van der Waals surface area contributed by atoms with E-state index < -0.39 is 0 Å². The fraction of sp³-hybridized carbons (Fsp3) is 0.846. The van der Waals surface area contributed by atoms with Gasteiger partial charge in [-0.3, -0.25) is 0 Å². The molecule has 1 heterocycles. The van der Waals surface area contributed by atoms with Crippen LogP contribution in [0.5, 0.6) is 0 Å². The Kier molecular flexibility index (Phi) is 2.70. The highest BCUT2D eigenvalue weighted by Crippen LogP contribution is 2.45. The van der Waals surface area contributed by atoms with Crippen LogP contribution in [0.25, 0.3) is 0 Å². The van der Waals surface area contributed by atoms with Crippen molar-refractivity contribution in [2.45, 2.75) is 58.0 Å². The number of hydrogen-bond acceptors (Lipinski definition) is 1. The maximum absolute atomic E-state index is 6.08. The summed E-state index contributed by atoms with van der Waals surface area (Å²) < 4.78 is 6.08. The minimum absolute atomic E-state index is 0.214. The molecule has 0 N–H and O–H groups in total. The summed E-state index contributed by atoms with van der Waals surface area (Å²) in [6.45, 7) is 5.60. The zero-order valence-corrected chi connectivity index (χ0v) is 9.51. The first-order valence-corrected chi connectivity index (χ1v) is 5.91. The fourth-order valence-corrected chi connectivity index (χ4v) is 3.10. The molecule has 0 aromatic heterocycles. The second-order valence-corrected chi connectivity index (χ2v) is 5.70. The molecule has 1 aliphatic heterocycles. The van der Waals surface area contributed by atoms with Gasteiger partial charge in [0.15, 0.2) is 0 Å². The third-order valence-electron chi connectivity index (χ3n) is 3.71. The Morgan fingerprint density at radius 2 is 1.93 bits per heavy atom. The molecule has 0 aromatic carbocycles. The van der Waals surface area contributed by atoms with Crippen LogP contribution < -0.4 is 0 Å². The molecule has 14 heavy (non-hydrogen) atoms. The van der Waals surface area contributed by atoms with Gasteiger partial charge in [-0.05, 0) is 37.5 Å². The van der Waals surface area contributed by atoms with E-state index in [1.54, 1.807) is 0 Å². The first-order chi connectivity index (χ1) is 6.62. The minimum atomic E-state index is 0.214. The monoisotopic (exact) mass is 194 g/mol. The van der Waals surface area contributed by atoms with E-state index in [4.69, 9.17) is 4.74 Å². The predicted octanol–water partition coefficient (Wildman–Crippen LogP) is 3.69. The van der Waals surface area contributed by atoms with E-state index in [-0.39, 0.29) is 5.60 Å². The second kappa shape index (κ2) is 3.69. The molecule has 0 bridgehead atoms. The van der Waals surface area contributed by atoms with E-state index in [1.165, 1.54) is 38.5 Å². The van der Waals surface area contributed by atoms with Gasteiger partial charge in [-0.1, -0.05) is 32.4 Å². The van der Waals surface area contributed by atoms with E-state index in [2.05, 4.69) is 26.0 Å². The van der Waals surface area contributed by atoms with Gasteiger partial charge in [0.2, 0.25) is 0 Å². The van der Waals surface area contributed by atoms with Crippen LogP contribution in [0.4, 0.5) is 0 Å². The molecular formula is C13H22O. The van der Waals surface area contributed by atoms with Crippen LogP contribution in [0.3, 0.4) is 0 Å². The SMILES string of the molecule is CC1(C)CCCC2(CCC=CCO2)C1. The van der Waals surface area contributed by atoms with E-state index in [9.17, 15) is 0 Å². The standard InChI is InChI=1S/C13H22O/c1-12(2)7-6-9-13(11-12)8-4-3-5-10-14-13/h3,5H,4,6-11H2,1-2H3. The smallest absolute Gasteiger partial charge is 0.0694 e. The average Bonchev–Trinajstić information content (AvgIpc) is 2.29. The van der Waals surface area contributed by atoms with Crippen LogP contribution in [-0.4, -0.2) is 12.2 Å². The van der Waals surface area contributed by atoms with Crippen LogP contribution in [0.15, 0.2) is 12.2 Å². The van der Waals surface area contributed by atoms with E-state index in [0.29, 0.717) is 5.41 Å². The Bertz CT molecular complexity index is 217. The maximum atomic E-state index is 6.08. The molecule has 1 spiro atoms. The molecule has 1 saturated carbocycles. The van der Waals surface area contributed by atoms with Crippen molar-refractivity contribution in [2.75, 3.05) is 6.61 Å². The molecule has 2 aliphatic rings.